The molecule has 0 saturated heterocycles. The van der Waals surface area contributed by atoms with Gasteiger partial charge < -0.3 is 9.47 Å². The third-order valence-electron chi connectivity index (χ3n) is 2.56. The zero-order valence-electron chi connectivity index (χ0n) is 11.0. The van der Waals surface area contributed by atoms with Gasteiger partial charge in [0.1, 0.15) is 12.4 Å². The molecule has 3 nitrogen and oxygen atoms in total. The molecule has 0 amide bonds. The lowest BCUT2D eigenvalue weighted by atomic mass is 10.1. The van der Waals surface area contributed by atoms with Gasteiger partial charge in [0.25, 0.3) is 0 Å². The van der Waals surface area contributed by atoms with Gasteiger partial charge in [0, 0.05) is 11.1 Å². The Hall–Kier alpha value is -1.63. The van der Waals surface area contributed by atoms with E-state index in [-0.39, 0.29) is 12.4 Å². The molecule has 0 heterocycles. The number of methoxy groups -OCH3 is 1. The van der Waals surface area contributed by atoms with E-state index in [0.29, 0.717) is 16.9 Å². The van der Waals surface area contributed by atoms with Crippen molar-refractivity contribution in [1.29, 1.82) is 0 Å². The first-order valence-electron chi connectivity index (χ1n) is 5.69. The Balaban J connectivity index is 2.76. The van der Waals surface area contributed by atoms with Gasteiger partial charge in [0.2, 0.25) is 0 Å². The van der Waals surface area contributed by atoms with Gasteiger partial charge in [-0.05, 0) is 25.1 Å². The predicted molar refractivity (Wildman–Crippen MR) is 63.6 cm³/mol. The van der Waals surface area contributed by atoms with Crippen molar-refractivity contribution < 1.29 is 31.8 Å². The fraction of sp³-hybridized carbons (Fsp3) is 0.462. The van der Waals surface area contributed by atoms with E-state index >= 15 is 0 Å². The van der Waals surface area contributed by atoms with Gasteiger partial charge in [-0.15, -0.1) is 0 Å². The zero-order valence-corrected chi connectivity index (χ0v) is 11.0. The monoisotopic (exact) mass is 294 g/mol. The molecule has 0 fully saturated rings. The molecule has 0 atom stereocenters. The minimum absolute atomic E-state index is 0.216. The van der Waals surface area contributed by atoms with E-state index in [9.17, 15) is 22.4 Å². The van der Waals surface area contributed by atoms with Crippen LogP contribution in [0.5, 0.6) is 5.75 Å². The fourth-order valence-electron chi connectivity index (χ4n) is 1.47. The Morgan fingerprint density at radius 1 is 1.35 bits per heavy atom. The largest absolute Gasteiger partial charge is 0.496 e. The number of rotatable bonds is 7. The van der Waals surface area contributed by atoms with Crippen molar-refractivity contribution >= 4 is 5.78 Å². The lowest BCUT2D eigenvalue weighted by molar-refractivity contribution is -0.168. The Morgan fingerprint density at radius 3 is 2.50 bits per heavy atom. The first kappa shape index (κ1) is 16.4. The topological polar surface area (TPSA) is 35.5 Å². The van der Waals surface area contributed by atoms with E-state index in [2.05, 4.69) is 4.74 Å². The molecule has 0 radical (unpaired) electrons. The molecule has 0 aromatic heterocycles. The normalized spacial score (nSPS) is 11.8. The van der Waals surface area contributed by atoms with Crippen LogP contribution in [0.25, 0.3) is 0 Å². The second kappa shape index (κ2) is 6.69. The number of halogens is 4. The summed E-state index contributed by atoms with van der Waals surface area (Å²) in [6, 6.07) is 4.42. The highest BCUT2D eigenvalue weighted by Gasteiger charge is 2.40. The van der Waals surface area contributed by atoms with Crippen molar-refractivity contribution in [1.82, 2.24) is 0 Å². The summed E-state index contributed by atoms with van der Waals surface area (Å²) >= 11 is 0. The number of benzene rings is 1. The lowest BCUT2D eigenvalue weighted by Gasteiger charge is -2.16. The zero-order chi connectivity index (χ0) is 15.3. The highest BCUT2D eigenvalue weighted by Crippen LogP contribution is 2.25. The molecule has 1 rings (SSSR count). The summed E-state index contributed by atoms with van der Waals surface area (Å²) in [6.45, 7) is -0.415. The molecule has 1 aromatic rings. The molecule has 0 unspecified atom stereocenters. The predicted octanol–water partition coefficient (Wildman–Crippen LogP) is 3.31. The number of ether oxygens (including phenoxy) is 2. The van der Waals surface area contributed by atoms with E-state index in [1.54, 1.807) is 0 Å². The maximum Gasteiger partial charge on any atom is 0.330 e. The Kier molecular flexibility index (Phi) is 5.50. The minimum Gasteiger partial charge on any atom is -0.496 e. The smallest absolute Gasteiger partial charge is 0.330 e. The molecule has 1 aromatic carbocycles. The second-order valence-corrected chi connectivity index (χ2v) is 4.14. The average Bonchev–Trinajstić information content (AvgIpc) is 2.38. The lowest BCUT2D eigenvalue weighted by Crippen LogP contribution is -2.32. The summed E-state index contributed by atoms with van der Waals surface area (Å²) in [4.78, 5) is 11.2. The third kappa shape index (κ3) is 4.19. The van der Waals surface area contributed by atoms with Gasteiger partial charge in [0.15, 0.2) is 5.78 Å². The Labute approximate surface area is 113 Å². The van der Waals surface area contributed by atoms with Crippen LogP contribution >= 0.6 is 0 Å². The molecule has 0 aliphatic heterocycles. The van der Waals surface area contributed by atoms with E-state index < -0.39 is 19.0 Å². The maximum atomic E-state index is 12.7. The van der Waals surface area contributed by atoms with Gasteiger partial charge in [0.05, 0.1) is 13.7 Å². The van der Waals surface area contributed by atoms with Crippen LogP contribution in [0.4, 0.5) is 17.6 Å². The van der Waals surface area contributed by atoms with E-state index in [1.165, 1.54) is 32.2 Å². The average molecular weight is 294 g/mol. The second-order valence-electron chi connectivity index (χ2n) is 4.14. The first-order chi connectivity index (χ1) is 9.27. The Morgan fingerprint density at radius 2 is 2.00 bits per heavy atom. The third-order valence-corrected chi connectivity index (χ3v) is 2.56. The number of carbonyl (C=O) groups is 1. The highest BCUT2D eigenvalue weighted by atomic mass is 19.3. The van der Waals surface area contributed by atoms with Crippen LogP contribution in [-0.4, -0.2) is 31.8 Å². The molecule has 0 bridgehead atoms. The number of alkyl halides is 4. The van der Waals surface area contributed by atoms with Crippen LogP contribution in [-0.2, 0) is 11.3 Å². The van der Waals surface area contributed by atoms with Gasteiger partial charge >= 0.3 is 12.3 Å². The van der Waals surface area contributed by atoms with E-state index in [4.69, 9.17) is 4.74 Å². The number of hydrogen-bond acceptors (Lipinski definition) is 3. The van der Waals surface area contributed by atoms with Gasteiger partial charge in [-0.1, -0.05) is 0 Å². The first-order valence-corrected chi connectivity index (χ1v) is 5.69. The van der Waals surface area contributed by atoms with Crippen LogP contribution in [0, 0.1) is 0 Å². The van der Waals surface area contributed by atoms with E-state index in [0.717, 1.165) is 0 Å². The molecule has 7 heteroatoms. The van der Waals surface area contributed by atoms with Crippen LogP contribution in [0.15, 0.2) is 18.2 Å². The van der Waals surface area contributed by atoms with Crippen molar-refractivity contribution in [2.45, 2.75) is 25.9 Å². The molecule has 20 heavy (non-hydrogen) atoms. The van der Waals surface area contributed by atoms with Crippen LogP contribution < -0.4 is 4.74 Å². The van der Waals surface area contributed by atoms with Gasteiger partial charge in [-0.3, -0.25) is 4.79 Å². The summed E-state index contributed by atoms with van der Waals surface area (Å²) in [6.07, 6.45) is -3.78. The number of carbonyl (C=O) groups excluding carboxylic acids is 1. The molecule has 112 valence electrons. The van der Waals surface area contributed by atoms with Crippen LogP contribution in [0.1, 0.15) is 22.8 Å². The molecule has 0 aliphatic rings. The number of hydrogen-bond donors (Lipinski definition) is 0. The minimum atomic E-state index is -4.20. The molecule has 0 aliphatic carbocycles. The van der Waals surface area contributed by atoms with Gasteiger partial charge in [-0.2, -0.15) is 8.78 Å². The number of Topliss-reactive ketones (excluding diaryl/α,β-unsaturated/α-hetero) is 1. The SMILES string of the molecule is COc1ccc(C(C)=O)cc1COCC(F)(F)C(F)F. The Bertz CT molecular complexity index is 475. The van der Waals surface area contributed by atoms with Crippen molar-refractivity contribution in [2.75, 3.05) is 13.7 Å². The quantitative estimate of drug-likeness (QED) is 0.571. The maximum absolute atomic E-state index is 12.7. The van der Waals surface area contributed by atoms with Gasteiger partial charge in [-0.25, -0.2) is 8.78 Å². The fourth-order valence-corrected chi connectivity index (χ4v) is 1.47. The molecular weight excluding hydrogens is 280 g/mol. The summed E-state index contributed by atoms with van der Waals surface area (Å²) in [5.74, 6) is -4.09. The van der Waals surface area contributed by atoms with Crippen LogP contribution in [0.3, 0.4) is 0 Å². The molecular formula is C13H14F4O3. The standard InChI is InChI=1S/C13H14F4O3/c1-8(18)9-3-4-11(19-2)10(5-9)6-20-7-13(16,17)12(14)15/h3-5,12H,6-7H2,1-2H3. The summed E-state index contributed by atoms with van der Waals surface area (Å²) in [5, 5.41) is 0. The highest BCUT2D eigenvalue weighted by molar-refractivity contribution is 5.94. The summed E-state index contributed by atoms with van der Waals surface area (Å²) in [7, 11) is 1.36. The van der Waals surface area contributed by atoms with E-state index in [1.807, 2.05) is 0 Å². The van der Waals surface area contributed by atoms with Crippen molar-refractivity contribution in [3.63, 3.8) is 0 Å². The molecule has 0 N–H and O–H groups in total. The van der Waals surface area contributed by atoms with Crippen molar-refractivity contribution in [3.8, 4) is 5.75 Å². The van der Waals surface area contributed by atoms with Crippen molar-refractivity contribution in [3.05, 3.63) is 29.3 Å². The number of ketones is 1. The molecule has 0 saturated carbocycles. The molecule has 0 spiro atoms. The van der Waals surface area contributed by atoms with Crippen molar-refractivity contribution in [2.24, 2.45) is 0 Å². The summed E-state index contributed by atoms with van der Waals surface area (Å²) < 4.78 is 58.9. The van der Waals surface area contributed by atoms with Crippen LogP contribution in [0.2, 0.25) is 0 Å². The summed E-state index contributed by atoms with van der Waals surface area (Å²) in [5.41, 5.74) is 0.690.